The number of benzene rings is 2. The van der Waals surface area contributed by atoms with Crippen molar-refractivity contribution in [2.24, 2.45) is 0 Å². The molecule has 0 saturated heterocycles. The van der Waals surface area contributed by atoms with Crippen LogP contribution in [0.3, 0.4) is 0 Å². The van der Waals surface area contributed by atoms with Crippen LogP contribution in [0.1, 0.15) is 36.9 Å². The smallest absolute Gasteiger partial charge is 0.315 e. The number of urea groups is 1. The minimum atomic E-state index is -0.356. The zero-order valence-corrected chi connectivity index (χ0v) is 14.5. The molecule has 1 atom stereocenters. The summed E-state index contributed by atoms with van der Waals surface area (Å²) < 4.78 is 0. The molecule has 2 rings (SSSR count). The predicted octanol–water partition coefficient (Wildman–Crippen LogP) is 3.14. The minimum absolute atomic E-state index is 0.0344. The lowest BCUT2D eigenvalue weighted by Crippen LogP contribution is -2.42. The lowest BCUT2D eigenvalue weighted by Gasteiger charge is -2.19. The van der Waals surface area contributed by atoms with Crippen molar-refractivity contribution in [1.29, 1.82) is 0 Å². The van der Waals surface area contributed by atoms with Crippen LogP contribution in [0.4, 0.5) is 4.79 Å². The van der Waals surface area contributed by atoms with E-state index in [1.54, 1.807) is 0 Å². The summed E-state index contributed by atoms with van der Waals surface area (Å²) in [6.45, 7) is 2.46. The second-order valence-electron chi connectivity index (χ2n) is 5.84. The molecule has 0 aromatic heterocycles. The number of carbonyl (C=O) groups excluding carboxylic acids is 2. The zero-order valence-electron chi connectivity index (χ0n) is 14.5. The average Bonchev–Trinajstić information content (AvgIpc) is 2.66. The lowest BCUT2D eigenvalue weighted by molar-refractivity contribution is -0.120. The maximum atomic E-state index is 12.1. The van der Waals surface area contributed by atoms with Crippen molar-refractivity contribution < 1.29 is 9.59 Å². The van der Waals surface area contributed by atoms with Crippen LogP contribution in [0.2, 0.25) is 0 Å². The summed E-state index contributed by atoms with van der Waals surface area (Å²) in [5.74, 6) is -0.197. The van der Waals surface area contributed by atoms with E-state index in [9.17, 15) is 9.59 Å². The molecule has 1 unspecified atom stereocenters. The van der Waals surface area contributed by atoms with Crippen molar-refractivity contribution in [2.75, 3.05) is 6.54 Å². The van der Waals surface area contributed by atoms with Crippen LogP contribution >= 0.6 is 0 Å². The van der Waals surface area contributed by atoms with Gasteiger partial charge in [-0.1, -0.05) is 74.0 Å². The van der Waals surface area contributed by atoms with Gasteiger partial charge in [0.1, 0.15) is 0 Å². The summed E-state index contributed by atoms with van der Waals surface area (Å²) in [5, 5.41) is 8.31. The first-order chi connectivity index (χ1) is 12.2. The third-order valence-electron chi connectivity index (χ3n) is 3.82. The Hall–Kier alpha value is -2.82. The molecule has 25 heavy (non-hydrogen) atoms. The molecule has 0 fully saturated rings. The molecule has 2 aromatic rings. The molecule has 132 valence electrons. The van der Waals surface area contributed by atoms with Crippen LogP contribution < -0.4 is 16.0 Å². The number of hydrogen-bond donors (Lipinski definition) is 3. The summed E-state index contributed by atoms with van der Waals surface area (Å²) in [6, 6.07) is 19.1. The van der Waals surface area contributed by atoms with E-state index in [4.69, 9.17) is 0 Å². The van der Waals surface area contributed by atoms with Crippen LogP contribution in [-0.2, 0) is 11.3 Å². The first-order valence-electron chi connectivity index (χ1n) is 8.59. The second kappa shape index (κ2) is 10.1. The molecule has 0 heterocycles. The summed E-state index contributed by atoms with van der Waals surface area (Å²) >= 11 is 0. The van der Waals surface area contributed by atoms with Gasteiger partial charge in [-0.05, 0) is 17.5 Å². The summed E-state index contributed by atoms with van der Waals surface area (Å²) in [7, 11) is 0. The van der Waals surface area contributed by atoms with Gasteiger partial charge in [0.2, 0.25) is 5.91 Å². The van der Waals surface area contributed by atoms with Gasteiger partial charge in [0.25, 0.3) is 0 Å². The van der Waals surface area contributed by atoms with Crippen molar-refractivity contribution in [3.05, 3.63) is 71.8 Å². The predicted molar refractivity (Wildman–Crippen MR) is 98.9 cm³/mol. The van der Waals surface area contributed by atoms with Crippen molar-refractivity contribution in [3.63, 3.8) is 0 Å². The standard InChI is InChI=1S/C20H25N3O2/c1-2-9-18(17-12-7-4-8-13-17)23-19(24)15-22-20(25)21-14-16-10-5-3-6-11-16/h3-8,10-13,18H,2,9,14-15H2,1H3,(H,23,24)(H2,21,22,25). The number of amides is 3. The highest BCUT2D eigenvalue weighted by molar-refractivity contribution is 5.84. The Morgan fingerprint density at radius 3 is 2.20 bits per heavy atom. The van der Waals surface area contributed by atoms with Crippen LogP contribution in [0.5, 0.6) is 0 Å². The molecule has 3 N–H and O–H groups in total. The first-order valence-corrected chi connectivity index (χ1v) is 8.59. The number of nitrogens with one attached hydrogen (secondary N) is 3. The fraction of sp³-hybridized carbons (Fsp3) is 0.300. The van der Waals surface area contributed by atoms with E-state index in [0.29, 0.717) is 6.54 Å². The summed E-state index contributed by atoms with van der Waals surface area (Å²) in [4.78, 5) is 23.9. The first kappa shape index (κ1) is 18.5. The van der Waals surface area contributed by atoms with Crippen LogP contribution in [0.15, 0.2) is 60.7 Å². The van der Waals surface area contributed by atoms with Crippen LogP contribution in [0, 0.1) is 0 Å². The van der Waals surface area contributed by atoms with Crippen LogP contribution in [0.25, 0.3) is 0 Å². The SMILES string of the molecule is CCCC(NC(=O)CNC(=O)NCc1ccccc1)c1ccccc1. The maximum Gasteiger partial charge on any atom is 0.315 e. The molecular formula is C20H25N3O2. The Labute approximate surface area is 148 Å². The van der Waals surface area contributed by atoms with Gasteiger partial charge in [0.15, 0.2) is 0 Å². The molecule has 0 bridgehead atoms. The van der Waals surface area contributed by atoms with Crippen molar-refractivity contribution in [3.8, 4) is 0 Å². The van der Waals surface area contributed by atoms with Gasteiger partial charge in [-0.2, -0.15) is 0 Å². The van der Waals surface area contributed by atoms with Gasteiger partial charge in [0, 0.05) is 6.54 Å². The zero-order chi connectivity index (χ0) is 17.9. The highest BCUT2D eigenvalue weighted by Gasteiger charge is 2.14. The lowest BCUT2D eigenvalue weighted by atomic mass is 10.0. The third-order valence-corrected chi connectivity index (χ3v) is 3.82. The Kier molecular flexibility index (Phi) is 7.50. The molecule has 0 radical (unpaired) electrons. The summed E-state index contributed by atoms with van der Waals surface area (Å²) in [6.07, 6.45) is 1.82. The largest absolute Gasteiger partial charge is 0.348 e. The van der Waals surface area contributed by atoms with Gasteiger partial charge in [-0.25, -0.2) is 4.79 Å². The molecule has 0 aliphatic heterocycles. The van der Waals surface area contributed by atoms with E-state index in [-0.39, 0.29) is 24.5 Å². The Morgan fingerprint density at radius 1 is 0.920 bits per heavy atom. The Bertz CT molecular complexity index is 659. The van der Waals surface area contributed by atoms with Gasteiger partial charge < -0.3 is 16.0 Å². The van der Waals surface area contributed by atoms with Crippen molar-refractivity contribution in [2.45, 2.75) is 32.4 Å². The monoisotopic (exact) mass is 339 g/mol. The van der Waals surface area contributed by atoms with E-state index in [1.165, 1.54) is 0 Å². The van der Waals surface area contributed by atoms with Crippen molar-refractivity contribution >= 4 is 11.9 Å². The highest BCUT2D eigenvalue weighted by atomic mass is 16.2. The molecule has 5 nitrogen and oxygen atoms in total. The molecule has 3 amide bonds. The van der Waals surface area contributed by atoms with E-state index in [1.807, 2.05) is 60.7 Å². The molecule has 0 saturated carbocycles. The van der Waals surface area contributed by atoms with Gasteiger partial charge >= 0.3 is 6.03 Å². The van der Waals surface area contributed by atoms with Gasteiger partial charge in [-0.15, -0.1) is 0 Å². The fourth-order valence-electron chi connectivity index (χ4n) is 2.54. The van der Waals surface area contributed by atoms with Crippen LogP contribution in [-0.4, -0.2) is 18.5 Å². The number of hydrogen-bond acceptors (Lipinski definition) is 2. The fourth-order valence-corrected chi connectivity index (χ4v) is 2.54. The summed E-state index contributed by atoms with van der Waals surface area (Å²) in [5.41, 5.74) is 2.08. The Morgan fingerprint density at radius 2 is 1.56 bits per heavy atom. The van der Waals surface area contributed by atoms with Gasteiger partial charge in [0.05, 0.1) is 12.6 Å². The number of carbonyl (C=O) groups is 2. The second-order valence-corrected chi connectivity index (χ2v) is 5.84. The normalized spacial score (nSPS) is 11.4. The van der Waals surface area contributed by atoms with E-state index in [0.717, 1.165) is 24.0 Å². The minimum Gasteiger partial charge on any atom is -0.348 e. The van der Waals surface area contributed by atoms with E-state index in [2.05, 4.69) is 22.9 Å². The van der Waals surface area contributed by atoms with E-state index >= 15 is 0 Å². The molecule has 2 aromatic carbocycles. The van der Waals surface area contributed by atoms with Gasteiger partial charge in [-0.3, -0.25) is 4.79 Å². The average molecular weight is 339 g/mol. The Balaban J connectivity index is 1.75. The number of rotatable bonds is 8. The molecule has 5 heteroatoms. The molecule has 0 aliphatic carbocycles. The maximum absolute atomic E-state index is 12.1. The molecule has 0 aliphatic rings. The molecular weight excluding hydrogens is 314 g/mol. The molecule has 0 spiro atoms. The van der Waals surface area contributed by atoms with E-state index < -0.39 is 0 Å². The highest BCUT2D eigenvalue weighted by Crippen LogP contribution is 2.17. The topological polar surface area (TPSA) is 70.2 Å². The third kappa shape index (κ3) is 6.67. The quantitative estimate of drug-likeness (QED) is 0.691. The van der Waals surface area contributed by atoms with Crippen molar-refractivity contribution in [1.82, 2.24) is 16.0 Å².